The summed E-state index contributed by atoms with van der Waals surface area (Å²) >= 11 is 0. The highest BCUT2D eigenvalue weighted by Gasteiger charge is 2.25. The average Bonchev–Trinajstić information content (AvgIpc) is 3.24. The van der Waals surface area contributed by atoms with Crippen LogP contribution in [-0.4, -0.2) is 50.2 Å². The molecule has 9 heteroatoms. The molecule has 1 aromatic carbocycles. The number of hydrogen-bond acceptors (Lipinski definition) is 5. The van der Waals surface area contributed by atoms with E-state index in [1.165, 1.54) is 6.07 Å². The molecular formula is C29H30FN5O3. The van der Waals surface area contributed by atoms with Gasteiger partial charge in [0.25, 0.3) is 5.56 Å². The van der Waals surface area contributed by atoms with E-state index in [1.54, 1.807) is 37.0 Å². The third-order valence-electron chi connectivity index (χ3n) is 7.48. The highest BCUT2D eigenvalue weighted by molar-refractivity contribution is 5.89. The van der Waals surface area contributed by atoms with E-state index in [2.05, 4.69) is 32.8 Å². The Morgan fingerprint density at radius 2 is 2.00 bits per heavy atom. The maximum absolute atomic E-state index is 14.8. The van der Waals surface area contributed by atoms with Crippen molar-refractivity contribution in [2.45, 2.75) is 26.3 Å². The number of rotatable bonds is 6. The van der Waals surface area contributed by atoms with Gasteiger partial charge in [-0.1, -0.05) is 6.08 Å². The lowest BCUT2D eigenvalue weighted by Crippen LogP contribution is -2.32. The standard InChI is InChI=1S/C29H30FN5O3/c1-17-13-20(29(37)38)14-23(30)27(17)19-6-10-34(11-7-19)18(2)25-16-22-24(5-9-32-28(22)33(25)4)35-12-8-21(31-3)15-26(35)36/h5-6,8-9,12-16,18,31H,7,10-11H2,1-4H3,(H,37,38)/t18-/m0/s1. The Kier molecular flexibility index (Phi) is 6.62. The second kappa shape index (κ2) is 9.90. The van der Waals surface area contributed by atoms with Crippen LogP contribution in [0.1, 0.15) is 46.6 Å². The van der Waals surface area contributed by atoms with Gasteiger partial charge < -0.3 is 15.0 Å². The summed E-state index contributed by atoms with van der Waals surface area (Å²) in [5, 5.41) is 13.1. The van der Waals surface area contributed by atoms with Crippen molar-refractivity contribution in [2.75, 3.05) is 25.5 Å². The Hall–Kier alpha value is -4.24. The minimum atomic E-state index is -1.14. The zero-order valence-electron chi connectivity index (χ0n) is 21.8. The highest BCUT2D eigenvalue weighted by Crippen LogP contribution is 2.34. The van der Waals surface area contributed by atoms with Gasteiger partial charge >= 0.3 is 5.97 Å². The number of fused-ring (bicyclic) bond motifs is 1. The fourth-order valence-corrected chi connectivity index (χ4v) is 5.39. The Morgan fingerprint density at radius 3 is 2.63 bits per heavy atom. The lowest BCUT2D eigenvalue weighted by atomic mass is 9.93. The van der Waals surface area contributed by atoms with Crippen molar-refractivity contribution in [3.8, 4) is 5.69 Å². The molecule has 196 valence electrons. The van der Waals surface area contributed by atoms with Gasteiger partial charge in [0.05, 0.1) is 11.3 Å². The van der Waals surface area contributed by atoms with Crippen LogP contribution in [0.3, 0.4) is 0 Å². The molecular weight excluding hydrogens is 485 g/mol. The van der Waals surface area contributed by atoms with Gasteiger partial charge in [-0.15, -0.1) is 0 Å². The van der Waals surface area contributed by atoms with Gasteiger partial charge in [0, 0.05) is 74.0 Å². The normalized spacial score (nSPS) is 14.9. The van der Waals surface area contributed by atoms with Crippen molar-refractivity contribution in [3.63, 3.8) is 0 Å². The fourth-order valence-electron chi connectivity index (χ4n) is 5.39. The lowest BCUT2D eigenvalue weighted by Gasteiger charge is -2.32. The third-order valence-corrected chi connectivity index (χ3v) is 7.48. The second-order valence-corrected chi connectivity index (χ2v) is 9.67. The first kappa shape index (κ1) is 25.4. The number of aromatic nitrogens is 3. The van der Waals surface area contributed by atoms with Crippen LogP contribution in [0.2, 0.25) is 0 Å². The van der Waals surface area contributed by atoms with Gasteiger partial charge in [-0.3, -0.25) is 14.3 Å². The van der Waals surface area contributed by atoms with Gasteiger partial charge in [-0.05, 0) is 61.7 Å². The molecule has 0 amide bonds. The molecule has 0 saturated carbocycles. The first-order chi connectivity index (χ1) is 18.2. The van der Waals surface area contributed by atoms with E-state index in [1.807, 2.05) is 25.3 Å². The number of nitrogens with one attached hydrogen (secondary N) is 1. The summed E-state index contributed by atoms with van der Waals surface area (Å²) in [5.41, 5.74) is 5.22. The van der Waals surface area contributed by atoms with Crippen molar-refractivity contribution in [3.05, 3.63) is 93.4 Å². The summed E-state index contributed by atoms with van der Waals surface area (Å²) in [7, 11) is 3.76. The summed E-state index contributed by atoms with van der Waals surface area (Å²) in [6.07, 6.45) is 6.16. The van der Waals surface area contributed by atoms with Crippen molar-refractivity contribution < 1.29 is 14.3 Å². The molecule has 0 saturated heterocycles. The topological polar surface area (TPSA) is 92.4 Å². The Bertz CT molecular complexity index is 1630. The average molecular weight is 516 g/mol. The van der Waals surface area contributed by atoms with E-state index < -0.39 is 11.8 Å². The summed E-state index contributed by atoms with van der Waals surface area (Å²) in [6, 6.07) is 10.0. The van der Waals surface area contributed by atoms with Gasteiger partial charge in [0.1, 0.15) is 11.5 Å². The number of carboxylic acid groups (broad SMARTS) is 1. The molecule has 0 radical (unpaired) electrons. The Balaban J connectivity index is 1.45. The van der Waals surface area contributed by atoms with Gasteiger partial charge in [-0.25, -0.2) is 14.2 Å². The SMILES string of the molecule is CNc1ccn(-c2ccnc3c2cc([C@H](C)N2CC=C(c4c(C)cc(C(=O)O)cc4F)CC2)n3C)c(=O)c1. The van der Waals surface area contributed by atoms with Crippen LogP contribution >= 0.6 is 0 Å². The molecule has 0 unspecified atom stereocenters. The van der Waals surface area contributed by atoms with Crippen LogP contribution in [-0.2, 0) is 7.05 Å². The summed E-state index contributed by atoms with van der Waals surface area (Å²) < 4.78 is 18.5. The van der Waals surface area contributed by atoms with E-state index in [0.717, 1.165) is 46.3 Å². The van der Waals surface area contributed by atoms with Crippen LogP contribution in [0.4, 0.5) is 10.1 Å². The number of hydrogen-bond donors (Lipinski definition) is 2. The summed E-state index contributed by atoms with van der Waals surface area (Å²) in [5.74, 6) is -1.64. The number of carboxylic acids is 1. The second-order valence-electron chi connectivity index (χ2n) is 9.67. The van der Waals surface area contributed by atoms with Gasteiger partial charge in [0.2, 0.25) is 0 Å². The number of aromatic carboxylic acids is 1. The first-order valence-corrected chi connectivity index (χ1v) is 12.5. The maximum atomic E-state index is 14.8. The van der Waals surface area contributed by atoms with E-state index in [0.29, 0.717) is 24.1 Å². The third kappa shape index (κ3) is 4.39. The van der Waals surface area contributed by atoms with Crippen LogP contribution in [0.15, 0.2) is 59.7 Å². The molecule has 3 aromatic heterocycles. The quantitative estimate of drug-likeness (QED) is 0.385. The molecule has 2 N–H and O–H groups in total. The molecule has 1 aliphatic rings. The molecule has 0 bridgehead atoms. The number of carbonyl (C=O) groups is 1. The van der Waals surface area contributed by atoms with E-state index in [4.69, 9.17) is 0 Å². The van der Waals surface area contributed by atoms with Crippen LogP contribution < -0.4 is 10.9 Å². The van der Waals surface area contributed by atoms with Crippen molar-refractivity contribution in [2.24, 2.45) is 7.05 Å². The van der Waals surface area contributed by atoms with E-state index >= 15 is 0 Å². The summed E-state index contributed by atoms with van der Waals surface area (Å²) in [6.45, 7) is 5.23. The molecule has 38 heavy (non-hydrogen) atoms. The molecule has 5 rings (SSSR count). The number of anilines is 1. The predicted molar refractivity (Wildman–Crippen MR) is 147 cm³/mol. The lowest BCUT2D eigenvalue weighted by molar-refractivity contribution is 0.0696. The molecule has 4 heterocycles. The highest BCUT2D eigenvalue weighted by atomic mass is 19.1. The molecule has 8 nitrogen and oxygen atoms in total. The van der Waals surface area contributed by atoms with Gasteiger partial charge in [-0.2, -0.15) is 0 Å². The van der Waals surface area contributed by atoms with Crippen LogP contribution in [0.5, 0.6) is 0 Å². The first-order valence-electron chi connectivity index (χ1n) is 12.5. The predicted octanol–water partition coefficient (Wildman–Crippen LogP) is 4.76. The van der Waals surface area contributed by atoms with Crippen molar-refractivity contribution >= 4 is 28.3 Å². The molecule has 1 atom stereocenters. The number of halogens is 1. The smallest absolute Gasteiger partial charge is 0.335 e. The zero-order valence-corrected chi connectivity index (χ0v) is 21.8. The van der Waals surface area contributed by atoms with Crippen LogP contribution in [0, 0.1) is 12.7 Å². The molecule has 0 fully saturated rings. The van der Waals surface area contributed by atoms with Gasteiger partial charge in [0.15, 0.2) is 0 Å². The van der Waals surface area contributed by atoms with Crippen LogP contribution in [0.25, 0.3) is 22.3 Å². The largest absolute Gasteiger partial charge is 0.478 e. The molecule has 4 aromatic rings. The number of nitrogens with zero attached hydrogens (tertiary/aromatic N) is 4. The maximum Gasteiger partial charge on any atom is 0.335 e. The minimum absolute atomic E-state index is 0.0422. The fraction of sp³-hybridized carbons (Fsp3) is 0.276. The number of benzene rings is 1. The number of aryl methyl sites for hydroxylation is 2. The minimum Gasteiger partial charge on any atom is -0.478 e. The Labute approximate surface area is 219 Å². The molecule has 1 aliphatic heterocycles. The Morgan fingerprint density at radius 1 is 1.21 bits per heavy atom. The zero-order chi connectivity index (χ0) is 27.1. The summed E-state index contributed by atoms with van der Waals surface area (Å²) in [4.78, 5) is 31.0. The number of pyridine rings is 2. The molecule has 0 aliphatic carbocycles. The van der Waals surface area contributed by atoms with E-state index in [9.17, 15) is 19.1 Å². The monoisotopic (exact) mass is 515 g/mol. The van der Waals surface area contributed by atoms with Crippen molar-refractivity contribution in [1.82, 2.24) is 19.0 Å². The van der Waals surface area contributed by atoms with E-state index in [-0.39, 0.29) is 17.2 Å². The molecule has 0 spiro atoms. The van der Waals surface area contributed by atoms with Crippen molar-refractivity contribution in [1.29, 1.82) is 0 Å².